The summed E-state index contributed by atoms with van der Waals surface area (Å²) in [6.07, 6.45) is 3.07. The van der Waals surface area contributed by atoms with E-state index in [1.807, 2.05) is 18.2 Å². The molecule has 0 spiro atoms. The molecular formula is C21H19ClN2O3. The van der Waals surface area contributed by atoms with Gasteiger partial charge in [0.05, 0.1) is 13.2 Å². The number of esters is 1. The molecule has 27 heavy (non-hydrogen) atoms. The monoisotopic (exact) mass is 382 g/mol. The number of carbonyl (C=O) groups is 1. The van der Waals surface area contributed by atoms with Crippen molar-refractivity contribution in [2.24, 2.45) is 0 Å². The van der Waals surface area contributed by atoms with E-state index in [1.165, 1.54) is 18.2 Å². The Morgan fingerprint density at radius 1 is 1.26 bits per heavy atom. The van der Waals surface area contributed by atoms with Crippen LogP contribution in [0.15, 0.2) is 53.1 Å². The SMILES string of the molecule is COC(=O)c1c(-c2cccc(Cl)c2)noc1N[C@H]1CCCc2ccccc21. The summed E-state index contributed by atoms with van der Waals surface area (Å²) in [7, 11) is 1.34. The Kier molecular flexibility index (Phi) is 4.86. The predicted molar refractivity (Wildman–Crippen MR) is 104 cm³/mol. The van der Waals surface area contributed by atoms with Gasteiger partial charge in [-0.1, -0.05) is 53.2 Å². The molecule has 0 unspecified atom stereocenters. The lowest BCUT2D eigenvalue weighted by molar-refractivity contribution is 0.0602. The van der Waals surface area contributed by atoms with Crippen LogP contribution in [0.25, 0.3) is 11.3 Å². The van der Waals surface area contributed by atoms with E-state index in [2.05, 4.69) is 22.6 Å². The highest BCUT2D eigenvalue weighted by molar-refractivity contribution is 6.30. The molecule has 0 radical (unpaired) electrons. The van der Waals surface area contributed by atoms with Crippen LogP contribution in [-0.2, 0) is 11.2 Å². The van der Waals surface area contributed by atoms with Crippen molar-refractivity contribution in [1.29, 1.82) is 0 Å². The number of methoxy groups -OCH3 is 1. The number of fused-ring (bicyclic) bond motifs is 1. The highest BCUT2D eigenvalue weighted by atomic mass is 35.5. The quantitative estimate of drug-likeness (QED) is 0.622. The van der Waals surface area contributed by atoms with Crippen LogP contribution in [0.5, 0.6) is 0 Å². The van der Waals surface area contributed by atoms with Crippen molar-refractivity contribution in [2.75, 3.05) is 12.4 Å². The minimum absolute atomic E-state index is 0.0542. The van der Waals surface area contributed by atoms with Crippen LogP contribution in [0, 0.1) is 0 Å². The van der Waals surface area contributed by atoms with Gasteiger partial charge in [0.25, 0.3) is 0 Å². The van der Waals surface area contributed by atoms with Crippen molar-refractivity contribution in [3.05, 3.63) is 70.2 Å². The van der Waals surface area contributed by atoms with Gasteiger partial charge in [-0.25, -0.2) is 4.79 Å². The van der Waals surface area contributed by atoms with E-state index in [0.717, 1.165) is 19.3 Å². The zero-order valence-electron chi connectivity index (χ0n) is 14.9. The fourth-order valence-corrected chi connectivity index (χ4v) is 3.77. The second-order valence-corrected chi connectivity index (χ2v) is 6.96. The molecule has 5 nitrogen and oxygen atoms in total. The number of nitrogens with zero attached hydrogens (tertiary/aromatic N) is 1. The average molecular weight is 383 g/mol. The van der Waals surface area contributed by atoms with Gasteiger partial charge in [0.1, 0.15) is 5.69 Å². The number of rotatable bonds is 4. The first-order valence-electron chi connectivity index (χ1n) is 8.85. The van der Waals surface area contributed by atoms with Crippen LogP contribution in [0.1, 0.15) is 40.4 Å². The molecule has 1 aromatic heterocycles. The Labute approximate surface area is 162 Å². The molecule has 6 heteroatoms. The summed E-state index contributed by atoms with van der Waals surface area (Å²) in [6, 6.07) is 15.5. The second-order valence-electron chi connectivity index (χ2n) is 6.53. The van der Waals surface area contributed by atoms with Crippen molar-refractivity contribution in [3.8, 4) is 11.3 Å². The highest BCUT2D eigenvalue weighted by Gasteiger charge is 2.28. The topological polar surface area (TPSA) is 64.4 Å². The minimum atomic E-state index is -0.502. The number of carbonyl (C=O) groups excluding carboxylic acids is 1. The van der Waals surface area contributed by atoms with Gasteiger partial charge in [0.15, 0.2) is 5.56 Å². The number of hydrogen-bond acceptors (Lipinski definition) is 5. The van der Waals surface area contributed by atoms with Gasteiger partial charge in [-0.3, -0.25) is 0 Å². The van der Waals surface area contributed by atoms with Crippen molar-refractivity contribution in [1.82, 2.24) is 5.16 Å². The third kappa shape index (κ3) is 3.43. The predicted octanol–water partition coefficient (Wildman–Crippen LogP) is 5.27. The summed E-state index contributed by atoms with van der Waals surface area (Å²) < 4.78 is 10.5. The first kappa shape index (κ1) is 17.6. The zero-order chi connectivity index (χ0) is 18.8. The zero-order valence-corrected chi connectivity index (χ0v) is 15.6. The van der Waals surface area contributed by atoms with Crippen molar-refractivity contribution in [3.63, 3.8) is 0 Å². The lowest BCUT2D eigenvalue weighted by Crippen LogP contribution is -2.18. The van der Waals surface area contributed by atoms with Crippen molar-refractivity contribution >= 4 is 23.5 Å². The van der Waals surface area contributed by atoms with Crippen LogP contribution in [0.2, 0.25) is 5.02 Å². The normalized spacial score (nSPS) is 15.9. The highest BCUT2D eigenvalue weighted by Crippen LogP contribution is 2.36. The molecule has 1 atom stereocenters. The largest absolute Gasteiger partial charge is 0.465 e. The molecule has 0 fully saturated rings. The Morgan fingerprint density at radius 2 is 2.11 bits per heavy atom. The van der Waals surface area contributed by atoms with Gasteiger partial charge in [-0.2, -0.15) is 0 Å². The molecule has 0 amide bonds. The van der Waals surface area contributed by atoms with E-state index in [-0.39, 0.29) is 11.6 Å². The molecule has 1 aliphatic rings. The molecular weight excluding hydrogens is 364 g/mol. The van der Waals surface area contributed by atoms with Crippen LogP contribution < -0.4 is 5.32 Å². The number of benzene rings is 2. The molecule has 4 rings (SSSR count). The molecule has 138 valence electrons. The van der Waals surface area contributed by atoms with Crippen LogP contribution in [-0.4, -0.2) is 18.2 Å². The Hall–Kier alpha value is -2.79. The Bertz CT molecular complexity index is 983. The molecule has 0 aliphatic heterocycles. The molecule has 0 saturated heterocycles. The van der Waals surface area contributed by atoms with Gasteiger partial charge in [0, 0.05) is 10.6 Å². The summed E-state index contributed by atoms with van der Waals surface area (Å²) in [4.78, 5) is 12.5. The summed E-state index contributed by atoms with van der Waals surface area (Å²) in [5.74, 6) is -0.184. The number of aromatic nitrogens is 1. The molecule has 3 aromatic rings. The van der Waals surface area contributed by atoms with Crippen LogP contribution in [0.4, 0.5) is 5.88 Å². The number of aryl methyl sites for hydroxylation is 1. The molecule has 1 aliphatic carbocycles. The van der Waals surface area contributed by atoms with E-state index in [0.29, 0.717) is 22.2 Å². The van der Waals surface area contributed by atoms with Crippen molar-refractivity contribution in [2.45, 2.75) is 25.3 Å². The third-order valence-corrected chi connectivity index (χ3v) is 5.09. The Balaban J connectivity index is 1.73. The first-order chi connectivity index (χ1) is 13.2. The molecule has 1 heterocycles. The third-order valence-electron chi connectivity index (χ3n) is 4.85. The van der Waals surface area contributed by atoms with E-state index in [1.54, 1.807) is 18.2 Å². The maximum Gasteiger partial charge on any atom is 0.345 e. The van der Waals surface area contributed by atoms with Gasteiger partial charge in [0.2, 0.25) is 5.88 Å². The van der Waals surface area contributed by atoms with Gasteiger partial charge < -0.3 is 14.6 Å². The fraction of sp³-hybridized carbons (Fsp3) is 0.238. The van der Waals surface area contributed by atoms with Crippen molar-refractivity contribution < 1.29 is 14.1 Å². The molecule has 0 saturated carbocycles. The van der Waals surface area contributed by atoms with E-state index in [4.69, 9.17) is 20.9 Å². The minimum Gasteiger partial charge on any atom is -0.465 e. The van der Waals surface area contributed by atoms with Crippen LogP contribution in [0.3, 0.4) is 0 Å². The number of ether oxygens (including phenoxy) is 1. The average Bonchev–Trinajstić information content (AvgIpc) is 3.11. The van der Waals surface area contributed by atoms with E-state index >= 15 is 0 Å². The smallest absolute Gasteiger partial charge is 0.345 e. The van der Waals surface area contributed by atoms with Gasteiger partial charge in [-0.15, -0.1) is 0 Å². The first-order valence-corrected chi connectivity index (χ1v) is 9.23. The van der Waals surface area contributed by atoms with Gasteiger partial charge >= 0.3 is 5.97 Å². The number of halogens is 1. The fourth-order valence-electron chi connectivity index (χ4n) is 3.58. The van der Waals surface area contributed by atoms with E-state index < -0.39 is 5.97 Å². The summed E-state index contributed by atoms with van der Waals surface area (Å²) >= 11 is 6.09. The summed E-state index contributed by atoms with van der Waals surface area (Å²) in [5, 5.41) is 8.04. The molecule has 2 aromatic carbocycles. The van der Waals surface area contributed by atoms with E-state index in [9.17, 15) is 4.79 Å². The second kappa shape index (κ2) is 7.45. The number of hydrogen-bond donors (Lipinski definition) is 1. The van der Waals surface area contributed by atoms with Crippen LogP contribution >= 0.6 is 11.6 Å². The molecule has 0 bridgehead atoms. The Morgan fingerprint density at radius 3 is 2.93 bits per heavy atom. The lowest BCUT2D eigenvalue weighted by Gasteiger charge is -2.26. The van der Waals surface area contributed by atoms with Gasteiger partial charge in [-0.05, 0) is 42.5 Å². The maximum atomic E-state index is 12.5. The summed E-state index contributed by atoms with van der Waals surface area (Å²) in [5.41, 5.74) is 3.93. The summed E-state index contributed by atoms with van der Waals surface area (Å²) in [6.45, 7) is 0. The number of anilines is 1. The maximum absolute atomic E-state index is 12.5. The number of nitrogens with one attached hydrogen (secondary N) is 1. The molecule has 1 N–H and O–H groups in total. The standard InChI is InChI=1S/C21H19ClN2O3/c1-26-21(25)18-19(14-8-4-9-15(22)12-14)24-27-20(18)23-17-11-5-7-13-6-2-3-10-16(13)17/h2-4,6,8-10,12,17,23H,5,7,11H2,1H3/t17-/m0/s1. The lowest BCUT2D eigenvalue weighted by atomic mass is 9.87.